The minimum atomic E-state index is -4.77. The molecule has 0 radical (unpaired) electrons. The topological polar surface area (TPSA) is 138 Å². The van der Waals surface area contributed by atoms with Crippen molar-refractivity contribution in [3.8, 4) is 0 Å². The van der Waals surface area contributed by atoms with Gasteiger partial charge in [-0.1, -0.05) is 0 Å². The van der Waals surface area contributed by atoms with E-state index in [-0.39, 0.29) is 11.5 Å². The van der Waals surface area contributed by atoms with Crippen LogP contribution in [0.1, 0.15) is 18.2 Å². The van der Waals surface area contributed by atoms with Gasteiger partial charge < -0.3 is 19.9 Å². The van der Waals surface area contributed by atoms with Crippen LogP contribution in [-0.2, 0) is 15.7 Å². The number of cyclic esters (lactones) is 1. The molecule has 32 heavy (non-hydrogen) atoms. The highest BCUT2D eigenvalue weighted by Crippen LogP contribution is 2.33. The molecule has 1 aromatic rings. The van der Waals surface area contributed by atoms with Crippen LogP contribution in [-0.4, -0.2) is 87.6 Å². The first-order chi connectivity index (χ1) is 15.1. The highest BCUT2D eigenvalue weighted by atomic mass is 19.4. The van der Waals surface area contributed by atoms with Crippen LogP contribution < -0.4 is 11.1 Å². The number of carbonyl (C=O) groups is 1. The number of hydrogen-bond acceptors (Lipinski definition) is 10. The minimum Gasteiger partial charge on any atom is -0.444 e. The number of allylic oxidation sites excluding steroid dienone is 1. The highest BCUT2D eigenvalue weighted by Gasteiger charge is 2.46. The van der Waals surface area contributed by atoms with Crippen LogP contribution in [0.3, 0.4) is 0 Å². The molecule has 3 aliphatic rings. The number of aliphatic hydroxyl groups excluding tert-OH is 1. The van der Waals surface area contributed by atoms with Crippen molar-refractivity contribution in [2.24, 2.45) is 10.7 Å². The second kappa shape index (κ2) is 8.27. The average molecular weight is 457 g/mol. The van der Waals surface area contributed by atoms with E-state index in [4.69, 9.17) is 15.2 Å². The zero-order chi connectivity index (χ0) is 23.1. The molecule has 0 spiro atoms. The molecule has 1 aromatic heterocycles. The molecular weight excluding hydrogens is 435 g/mol. The summed E-state index contributed by atoms with van der Waals surface area (Å²) in [5.41, 5.74) is 4.75. The van der Waals surface area contributed by atoms with E-state index in [9.17, 15) is 23.1 Å². The Bertz CT molecular complexity index is 951. The van der Waals surface area contributed by atoms with Gasteiger partial charge in [0, 0.05) is 30.9 Å². The van der Waals surface area contributed by atoms with Crippen LogP contribution in [0.25, 0.3) is 0 Å². The van der Waals surface area contributed by atoms with Gasteiger partial charge in [-0.3, -0.25) is 10.6 Å². The van der Waals surface area contributed by atoms with E-state index in [2.05, 4.69) is 20.3 Å². The lowest BCUT2D eigenvalue weighted by molar-refractivity contribution is -0.141. The van der Waals surface area contributed by atoms with Crippen molar-refractivity contribution in [1.29, 1.82) is 0 Å². The monoisotopic (exact) mass is 457 g/mol. The Balaban J connectivity index is 1.83. The third kappa shape index (κ3) is 4.01. The molecule has 4 N–H and O–H groups in total. The number of hydrogen-bond donors (Lipinski definition) is 3. The van der Waals surface area contributed by atoms with Crippen LogP contribution >= 0.6 is 0 Å². The van der Waals surface area contributed by atoms with Crippen molar-refractivity contribution in [1.82, 2.24) is 25.1 Å². The fraction of sp³-hybridized carbons (Fsp3) is 0.556. The minimum absolute atomic E-state index is 0.0365. The molecule has 0 aliphatic carbocycles. The number of ether oxygens (including phenoxy) is 2. The predicted molar refractivity (Wildman–Crippen MR) is 103 cm³/mol. The normalized spacial score (nSPS) is 29.3. The lowest BCUT2D eigenvalue weighted by Gasteiger charge is -2.44. The van der Waals surface area contributed by atoms with Gasteiger partial charge >= 0.3 is 12.3 Å². The van der Waals surface area contributed by atoms with E-state index in [0.29, 0.717) is 26.3 Å². The summed E-state index contributed by atoms with van der Waals surface area (Å²) in [6.45, 7) is 2.53. The Morgan fingerprint density at radius 2 is 2.09 bits per heavy atom. The summed E-state index contributed by atoms with van der Waals surface area (Å²) in [7, 11) is 0. The molecule has 4 heterocycles. The smallest absolute Gasteiger partial charge is 0.434 e. The maximum Gasteiger partial charge on any atom is 0.434 e. The van der Waals surface area contributed by atoms with Crippen LogP contribution in [0.4, 0.5) is 18.0 Å². The maximum absolute atomic E-state index is 13.6. The molecule has 0 bridgehead atoms. The second-order valence-corrected chi connectivity index (χ2v) is 7.47. The number of aliphatic imine (C=N–C) groups is 1. The number of amides is 1. The maximum atomic E-state index is 13.6. The fourth-order valence-corrected chi connectivity index (χ4v) is 3.81. The first-order valence-corrected chi connectivity index (χ1v) is 9.83. The van der Waals surface area contributed by atoms with Crippen molar-refractivity contribution < 1.29 is 32.5 Å². The molecule has 2 fully saturated rings. The summed E-state index contributed by atoms with van der Waals surface area (Å²) in [6.07, 6.45) is -3.19. The Kier molecular flexibility index (Phi) is 5.79. The molecule has 3 aliphatic heterocycles. The standard InChI is InChI=1S/C18H22F3N7O4/c1-10-13(8-29)28(16(30)32-10)14-6-12(11-7-23-9-24-15(11)17(19,20)21)25-18(22,26-14)27-2-4-31-5-3-27/h6-7,9-10,13,26,29H,2-5,8,22H2,1H3/t10-,13+,18?/m1/s1. The molecule has 174 valence electrons. The number of nitrogens with two attached hydrogens (primary N) is 1. The second-order valence-electron chi connectivity index (χ2n) is 7.47. The van der Waals surface area contributed by atoms with Crippen LogP contribution in [0.5, 0.6) is 0 Å². The van der Waals surface area contributed by atoms with Gasteiger partial charge in [-0.2, -0.15) is 13.2 Å². The number of halogens is 3. The molecule has 0 saturated carbocycles. The third-order valence-corrected chi connectivity index (χ3v) is 5.43. The summed E-state index contributed by atoms with van der Waals surface area (Å²) in [4.78, 5) is 26.8. The van der Waals surface area contributed by atoms with Crippen molar-refractivity contribution in [3.05, 3.63) is 35.7 Å². The Morgan fingerprint density at radius 1 is 1.38 bits per heavy atom. The Morgan fingerprint density at radius 3 is 2.75 bits per heavy atom. The van der Waals surface area contributed by atoms with Gasteiger partial charge in [0.15, 0.2) is 5.69 Å². The summed E-state index contributed by atoms with van der Waals surface area (Å²) in [5, 5.41) is 12.7. The van der Waals surface area contributed by atoms with Crippen molar-refractivity contribution in [2.45, 2.75) is 31.2 Å². The van der Waals surface area contributed by atoms with Gasteiger partial charge in [-0.15, -0.1) is 0 Å². The number of rotatable bonds is 4. The molecule has 1 amide bonds. The fourth-order valence-electron chi connectivity index (χ4n) is 3.81. The number of nitrogens with zero attached hydrogens (tertiary/aromatic N) is 5. The Labute approximate surface area is 180 Å². The van der Waals surface area contributed by atoms with Crippen LogP contribution in [0, 0.1) is 0 Å². The predicted octanol–water partition coefficient (Wildman–Crippen LogP) is -0.167. The van der Waals surface area contributed by atoms with Gasteiger partial charge in [0.2, 0.25) is 5.91 Å². The van der Waals surface area contributed by atoms with Gasteiger partial charge in [-0.05, 0) is 6.92 Å². The number of carbonyl (C=O) groups excluding carboxylic acids is 1. The zero-order valence-corrected chi connectivity index (χ0v) is 17.0. The van der Waals surface area contributed by atoms with Gasteiger partial charge in [0.25, 0.3) is 0 Å². The summed E-state index contributed by atoms with van der Waals surface area (Å²) in [6, 6.07) is -0.774. The number of nitrogens with one attached hydrogen (secondary N) is 1. The van der Waals surface area contributed by atoms with Crippen molar-refractivity contribution in [3.63, 3.8) is 0 Å². The third-order valence-electron chi connectivity index (χ3n) is 5.43. The first kappa shape index (κ1) is 22.4. The number of morpholine rings is 1. The Hall–Kier alpha value is -2.81. The van der Waals surface area contributed by atoms with Crippen LogP contribution in [0.2, 0.25) is 0 Å². The molecule has 2 saturated heterocycles. The van der Waals surface area contributed by atoms with Crippen LogP contribution in [0.15, 0.2) is 29.4 Å². The quantitative estimate of drug-likeness (QED) is 0.563. The molecule has 3 atom stereocenters. The lowest BCUT2D eigenvalue weighted by atomic mass is 10.1. The van der Waals surface area contributed by atoms with E-state index in [1.165, 1.54) is 6.08 Å². The number of alkyl halides is 3. The van der Waals surface area contributed by atoms with E-state index in [1.807, 2.05) is 0 Å². The van der Waals surface area contributed by atoms with E-state index in [0.717, 1.165) is 17.4 Å². The molecular formula is C18H22F3N7O4. The largest absolute Gasteiger partial charge is 0.444 e. The van der Waals surface area contributed by atoms with Gasteiger partial charge in [0.05, 0.1) is 25.5 Å². The zero-order valence-electron chi connectivity index (χ0n) is 17.0. The van der Waals surface area contributed by atoms with Gasteiger partial charge in [0.1, 0.15) is 24.3 Å². The highest BCUT2D eigenvalue weighted by molar-refractivity contribution is 6.10. The molecule has 14 heteroatoms. The van der Waals surface area contributed by atoms with Gasteiger partial charge in [-0.25, -0.2) is 24.7 Å². The van der Waals surface area contributed by atoms with Crippen molar-refractivity contribution >= 4 is 11.8 Å². The number of aliphatic hydroxyl groups is 1. The van der Waals surface area contributed by atoms with E-state index in [1.54, 1.807) is 11.8 Å². The average Bonchev–Trinajstić information content (AvgIpc) is 3.06. The molecule has 0 aromatic carbocycles. The summed E-state index contributed by atoms with van der Waals surface area (Å²) < 4.78 is 51.4. The van der Waals surface area contributed by atoms with E-state index >= 15 is 0 Å². The number of aromatic nitrogens is 2. The lowest BCUT2D eigenvalue weighted by Crippen LogP contribution is -2.69. The van der Waals surface area contributed by atoms with E-state index < -0.39 is 48.2 Å². The SMILES string of the molecule is C[C@H]1OC(=O)N(C2=CC(c3cncnc3C(F)(F)F)=NC(N)(N3CCOCC3)N2)[C@H]1CO. The molecule has 4 rings (SSSR count). The first-order valence-electron chi connectivity index (χ1n) is 9.83. The van der Waals surface area contributed by atoms with Crippen molar-refractivity contribution in [2.75, 3.05) is 32.9 Å². The molecule has 1 unspecified atom stereocenters. The summed E-state index contributed by atoms with van der Waals surface area (Å²) in [5.74, 6) is -1.66. The summed E-state index contributed by atoms with van der Waals surface area (Å²) >= 11 is 0. The molecule has 11 nitrogen and oxygen atoms in total.